The van der Waals surface area contributed by atoms with E-state index in [9.17, 15) is 22.8 Å². The molecule has 0 spiro atoms. The van der Waals surface area contributed by atoms with Crippen LogP contribution in [-0.2, 0) is 23.8 Å². The van der Waals surface area contributed by atoms with Crippen molar-refractivity contribution >= 4 is 17.6 Å². The van der Waals surface area contributed by atoms with E-state index < -0.39 is 29.2 Å². The Labute approximate surface area is 195 Å². The van der Waals surface area contributed by atoms with Gasteiger partial charge in [0.25, 0.3) is 5.91 Å². The van der Waals surface area contributed by atoms with Crippen LogP contribution < -0.4 is 10.1 Å². The molecule has 0 bridgehead atoms. The summed E-state index contributed by atoms with van der Waals surface area (Å²) in [5.41, 5.74) is 0.537. The van der Waals surface area contributed by atoms with Gasteiger partial charge in [-0.1, -0.05) is 24.3 Å². The van der Waals surface area contributed by atoms with E-state index in [0.717, 1.165) is 35.4 Å². The third-order valence-electron chi connectivity index (χ3n) is 5.17. The zero-order valence-corrected chi connectivity index (χ0v) is 18.6. The number of ether oxygens (including phenoxy) is 1. The average molecular weight is 471 g/mol. The molecule has 0 saturated carbocycles. The number of carbonyl (C=O) groups excluding carboxylic acids is 1. The predicted molar refractivity (Wildman–Crippen MR) is 122 cm³/mol. The molecule has 34 heavy (non-hydrogen) atoms. The van der Waals surface area contributed by atoms with Crippen molar-refractivity contribution in [2.75, 3.05) is 5.32 Å². The predicted octanol–water partition coefficient (Wildman–Crippen LogP) is 5.98. The van der Waals surface area contributed by atoms with Crippen molar-refractivity contribution in [1.29, 1.82) is 0 Å². The Hall–Kier alpha value is -3.81. The zero-order chi connectivity index (χ0) is 24.9. The number of hydrogen-bond acceptors (Lipinski definition) is 3. The molecular formula is C26H24F3NO4. The molecule has 3 rings (SSSR count). The molecule has 0 aliphatic heterocycles. The number of carbonyl (C=O) groups is 2. The second-order valence-electron chi connectivity index (χ2n) is 8.29. The summed E-state index contributed by atoms with van der Waals surface area (Å²) < 4.78 is 43.6. The maximum atomic E-state index is 12.7. The van der Waals surface area contributed by atoms with Crippen LogP contribution in [0.1, 0.15) is 40.9 Å². The smallest absolute Gasteiger partial charge is 0.416 e. The zero-order valence-electron chi connectivity index (χ0n) is 18.6. The Morgan fingerprint density at radius 3 is 2.09 bits per heavy atom. The Balaban J connectivity index is 1.58. The Morgan fingerprint density at radius 1 is 0.882 bits per heavy atom. The fourth-order valence-electron chi connectivity index (χ4n) is 3.17. The van der Waals surface area contributed by atoms with E-state index in [1.54, 1.807) is 24.3 Å². The van der Waals surface area contributed by atoms with Crippen molar-refractivity contribution in [2.24, 2.45) is 0 Å². The van der Waals surface area contributed by atoms with Gasteiger partial charge in [0.15, 0.2) is 5.60 Å². The molecule has 0 aliphatic rings. The van der Waals surface area contributed by atoms with Gasteiger partial charge in [0.1, 0.15) is 5.75 Å². The number of amides is 1. The van der Waals surface area contributed by atoms with Crippen LogP contribution in [0.15, 0.2) is 72.8 Å². The molecule has 2 N–H and O–H groups in total. The van der Waals surface area contributed by atoms with Gasteiger partial charge in [0, 0.05) is 11.3 Å². The van der Waals surface area contributed by atoms with Gasteiger partial charge in [-0.2, -0.15) is 13.2 Å². The monoisotopic (exact) mass is 471 g/mol. The van der Waals surface area contributed by atoms with Gasteiger partial charge in [-0.3, -0.25) is 4.79 Å². The van der Waals surface area contributed by atoms with E-state index in [-0.39, 0.29) is 5.56 Å². The molecule has 3 aromatic carbocycles. The molecule has 1 amide bonds. The average Bonchev–Trinajstić information content (AvgIpc) is 2.78. The van der Waals surface area contributed by atoms with Crippen molar-refractivity contribution in [3.8, 4) is 5.75 Å². The van der Waals surface area contributed by atoms with Gasteiger partial charge in [-0.15, -0.1) is 0 Å². The quantitative estimate of drug-likeness (QED) is 0.424. The molecule has 0 aliphatic carbocycles. The topological polar surface area (TPSA) is 75.6 Å². The van der Waals surface area contributed by atoms with E-state index in [1.165, 1.54) is 13.8 Å². The molecule has 0 fully saturated rings. The Kier molecular flexibility index (Phi) is 7.29. The van der Waals surface area contributed by atoms with Crippen LogP contribution >= 0.6 is 0 Å². The normalized spacial score (nSPS) is 11.7. The van der Waals surface area contributed by atoms with E-state index in [2.05, 4.69) is 5.32 Å². The van der Waals surface area contributed by atoms with Crippen molar-refractivity contribution in [3.05, 3.63) is 95.1 Å². The minimum atomic E-state index is -4.45. The van der Waals surface area contributed by atoms with Crippen LogP contribution in [0.4, 0.5) is 18.9 Å². The molecule has 0 saturated heterocycles. The van der Waals surface area contributed by atoms with Gasteiger partial charge < -0.3 is 15.2 Å². The molecule has 0 atom stereocenters. The van der Waals surface area contributed by atoms with Crippen molar-refractivity contribution < 1.29 is 32.6 Å². The molecule has 0 aromatic heterocycles. The highest BCUT2D eigenvalue weighted by atomic mass is 19.4. The first kappa shape index (κ1) is 24.8. The highest BCUT2D eigenvalue weighted by molar-refractivity contribution is 6.04. The van der Waals surface area contributed by atoms with E-state index >= 15 is 0 Å². The summed E-state index contributed by atoms with van der Waals surface area (Å²) in [6.45, 7) is 2.96. The molecule has 8 heteroatoms. The van der Waals surface area contributed by atoms with Crippen LogP contribution in [0, 0.1) is 0 Å². The maximum Gasteiger partial charge on any atom is 0.416 e. The Bertz CT molecular complexity index is 1150. The maximum absolute atomic E-state index is 12.7. The van der Waals surface area contributed by atoms with Gasteiger partial charge >= 0.3 is 12.1 Å². The minimum Gasteiger partial charge on any atom is -0.478 e. The third-order valence-corrected chi connectivity index (χ3v) is 5.17. The number of nitrogens with one attached hydrogen (secondary N) is 1. The number of carboxylic acid groups (broad SMARTS) is 1. The molecule has 0 radical (unpaired) electrons. The van der Waals surface area contributed by atoms with Crippen molar-refractivity contribution in [3.63, 3.8) is 0 Å². The van der Waals surface area contributed by atoms with Gasteiger partial charge in [-0.25, -0.2) is 4.79 Å². The second kappa shape index (κ2) is 9.99. The summed E-state index contributed by atoms with van der Waals surface area (Å²) >= 11 is 0. The first-order valence-electron chi connectivity index (χ1n) is 10.5. The third kappa shape index (κ3) is 6.60. The lowest BCUT2D eigenvalue weighted by molar-refractivity contribution is -0.152. The fraction of sp³-hybridized carbons (Fsp3) is 0.231. The molecular weight excluding hydrogens is 447 g/mol. The molecule has 0 heterocycles. The first-order chi connectivity index (χ1) is 15.9. The lowest BCUT2D eigenvalue weighted by Gasteiger charge is -2.21. The standard InChI is InChI=1S/C26H24F3NO4/c1-25(2,24(32)33)34-22-14-8-17(9-15-22)6-7-18-4-3-5-21(16-18)30-23(31)19-10-12-20(13-11-19)26(27,28)29/h3-5,8-16H,6-7H2,1-2H3,(H,30,31)(H,32,33). The summed E-state index contributed by atoms with van der Waals surface area (Å²) in [6.07, 6.45) is -3.06. The number of anilines is 1. The lowest BCUT2D eigenvalue weighted by Crippen LogP contribution is -2.37. The van der Waals surface area contributed by atoms with Gasteiger partial charge in [-0.05, 0) is 86.3 Å². The fourth-order valence-corrected chi connectivity index (χ4v) is 3.17. The molecule has 3 aromatic rings. The first-order valence-corrected chi connectivity index (χ1v) is 10.5. The SMILES string of the molecule is CC(C)(Oc1ccc(CCc2cccc(NC(=O)c3ccc(C(F)(F)F)cc3)c2)cc1)C(=O)O. The summed E-state index contributed by atoms with van der Waals surface area (Å²) in [6, 6.07) is 18.5. The Morgan fingerprint density at radius 2 is 1.50 bits per heavy atom. The number of carboxylic acids is 1. The highest BCUT2D eigenvalue weighted by Crippen LogP contribution is 2.29. The minimum absolute atomic E-state index is 0.131. The number of benzene rings is 3. The van der Waals surface area contributed by atoms with Crippen LogP contribution in [0.25, 0.3) is 0 Å². The van der Waals surface area contributed by atoms with Crippen LogP contribution in [-0.4, -0.2) is 22.6 Å². The van der Waals surface area contributed by atoms with Crippen LogP contribution in [0.3, 0.4) is 0 Å². The highest BCUT2D eigenvalue weighted by Gasteiger charge is 2.30. The van der Waals surface area contributed by atoms with Crippen molar-refractivity contribution in [1.82, 2.24) is 0 Å². The number of halogens is 3. The van der Waals surface area contributed by atoms with Gasteiger partial charge in [0.2, 0.25) is 0 Å². The summed E-state index contributed by atoms with van der Waals surface area (Å²) in [7, 11) is 0. The molecule has 0 unspecified atom stereocenters. The van der Waals surface area contributed by atoms with Gasteiger partial charge in [0.05, 0.1) is 5.56 Å². The number of hydrogen-bond donors (Lipinski definition) is 2. The number of alkyl halides is 3. The second-order valence-corrected chi connectivity index (χ2v) is 8.29. The molecule has 178 valence electrons. The summed E-state index contributed by atoms with van der Waals surface area (Å²) in [5, 5.41) is 11.9. The van der Waals surface area contributed by atoms with E-state index in [4.69, 9.17) is 9.84 Å². The van der Waals surface area contributed by atoms with E-state index in [1.807, 2.05) is 24.3 Å². The van der Waals surface area contributed by atoms with Crippen LogP contribution in [0.2, 0.25) is 0 Å². The largest absolute Gasteiger partial charge is 0.478 e. The number of aliphatic carboxylic acids is 1. The number of aryl methyl sites for hydroxylation is 2. The number of rotatable bonds is 8. The summed E-state index contributed by atoms with van der Waals surface area (Å²) in [5.74, 6) is -1.09. The summed E-state index contributed by atoms with van der Waals surface area (Å²) in [4.78, 5) is 23.6. The van der Waals surface area contributed by atoms with E-state index in [0.29, 0.717) is 24.3 Å². The van der Waals surface area contributed by atoms with Crippen molar-refractivity contribution in [2.45, 2.75) is 38.5 Å². The lowest BCUT2D eigenvalue weighted by atomic mass is 10.0. The molecule has 5 nitrogen and oxygen atoms in total. The van der Waals surface area contributed by atoms with Crippen LogP contribution in [0.5, 0.6) is 5.75 Å².